The molecule has 0 unspecified atom stereocenters. The van der Waals surface area contributed by atoms with Gasteiger partial charge in [-0.2, -0.15) is 0 Å². The zero-order valence-electron chi connectivity index (χ0n) is 27.7. The standard InChI is InChI=1S/C48H31NOS/c1-3-10-32(11-4-1)34-18-24-37(25-19-34)49(38-26-20-35(21-27-38)33-12-5-2-6-13-33)39-28-22-36(23-29-39)40-15-9-17-44-47(40)48-45(51-44)31-30-43-46(48)41-14-7-8-16-42(41)50-43/h1-31H. The number of hydrogen-bond acceptors (Lipinski definition) is 3. The van der Waals surface area contributed by atoms with Crippen LogP contribution in [0.25, 0.3) is 75.5 Å². The Balaban J connectivity index is 1.09. The minimum Gasteiger partial charge on any atom is -0.456 e. The van der Waals surface area contributed by atoms with Crippen molar-refractivity contribution in [2.24, 2.45) is 0 Å². The lowest BCUT2D eigenvalue weighted by atomic mass is 9.97. The van der Waals surface area contributed by atoms with Gasteiger partial charge >= 0.3 is 0 Å². The van der Waals surface area contributed by atoms with Crippen molar-refractivity contribution in [3.63, 3.8) is 0 Å². The summed E-state index contributed by atoms with van der Waals surface area (Å²) in [5.74, 6) is 0. The molecule has 0 spiro atoms. The molecular formula is C48H31NOS. The summed E-state index contributed by atoms with van der Waals surface area (Å²) in [5, 5.41) is 4.92. The van der Waals surface area contributed by atoms with E-state index in [9.17, 15) is 0 Å². The lowest BCUT2D eigenvalue weighted by Gasteiger charge is -2.26. The van der Waals surface area contributed by atoms with Crippen molar-refractivity contribution in [2.45, 2.75) is 0 Å². The van der Waals surface area contributed by atoms with Crippen LogP contribution in [0.15, 0.2) is 192 Å². The molecule has 51 heavy (non-hydrogen) atoms. The van der Waals surface area contributed by atoms with Crippen molar-refractivity contribution in [1.82, 2.24) is 0 Å². The number of rotatable bonds is 6. The third-order valence-electron chi connectivity index (χ3n) is 9.90. The van der Waals surface area contributed by atoms with Gasteiger partial charge in [-0.25, -0.2) is 0 Å². The Hall–Kier alpha value is -6.42. The highest BCUT2D eigenvalue weighted by Gasteiger charge is 2.19. The summed E-state index contributed by atoms with van der Waals surface area (Å²) in [6.07, 6.45) is 0. The molecule has 8 aromatic carbocycles. The molecule has 0 radical (unpaired) electrons. The number of nitrogens with zero attached hydrogens (tertiary/aromatic N) is 1. The fourth-order valence-electron chi connectivity index (χ4n) is 7.47. The first-order valence-corrected chi connectivity index (χ1v) is 18.1. The largest absolute Gasteiger partial charge is 0.456 e. The monoisotopic (exact) mass is 669 g/mol. The first-order valence-electron chi connectivity index (χ1n) is 17.3. The van der Waals surface area contributed by atoms with Crippen LogP contribution < -0.4 is 4.90 Å². The molecule has 0 N–H and O–H groups in total. The van der Waals surface area contributed by atoms with Crippen molar-refractivity contribution in [3.8, 4) is 33.4 Å². The molecule has 0 aliphatic carbocycles. The lowest BCUT2D eigenvalue weighted by molar-refractivity contribution is 0.669. The third-order valence-corrected chi connectivity index (χ3v) is 11.0. The molecule has 3 heteroatoms. The summed E-state index contributed by atoms with van der Waals surface area (Å²) >= 11 is 1.85. The fourth-order valence-corrected chi connectivity index (χ4v) is 8.61. The third kappa shape index (κ3) is 5.10. The van der Waals surface area contributed by atoms with Crippen molar-refractivity contribution < 1.29 is 4.42 Å². The van der Waals surface area contributed by atoms with E-state index in [1.54, 1.807) is 0 Å². The Kier molecular flexibility index (Phi) is 7.04. The zero-order valence-corrected chi connectivity index (χ0v) is 28.5. The fraction of sp³-hybridized carbons (Fsp3) is 0. The molecule has 0 aliphatic rings. The topological polar surface area (TPSA) is 16.4 Å². The van der Waals surface area contributed by atoms with Crippen molar-refractivity contribution in [2.75, 3.05) is 4.90 Å². The van der Waals surface area contributed by atoms with Crippen LogP contribution in [0.4, 0.5) is 17.1 Å². The summed E-state index contributed by atoms with van der Waals surface area (Å²) in [4.78, 5) is 2.34. The number of benzene rings is 8. The second-order valence-corrected chi connectivity index (χ2v) is 14.0. The van der Waals surface area contributed by atoms with Gasteiger partial charge in [0.1, 0.15) is 11.2 Å². The molecule has 0 amide bonds. The predicted molar refractivity (Wildman–Crippen MR) is 218 cm³/mol. The first kappa shape index (κ1) is 29.5. The number of fused-ring (bicyclic) bond motifs is 7. The molecule has 10 rings (SSSR count). The number of anilines is 3. The van der Waals surface area contributed by atoms with E-state index >= 15 is 0 Å². The van der Waals surface area contributed by atoms with E-state index in [0.29, 0.717) is 0 Å². The minimum absolute atomic E-state index is 0.926. The van der Waals surface area contributed by atoms with Gasteiger partial charge in [-0.1, -0.05) is 127 Å². The van der Waals surface area contributed by atoms with Crippen LogP contribution in [0.3, 0.4) is 0 Å². The summed E-state index contributed by atoms with van der Waals surface area (Å²) < 4.78 is 8.87. The maximum Gasteiger partial charge on any atom is 0.136 e. The van der Waals surface area contributed by atoms with E-state index in [1.807, 2.05) is 17.4 Å². The smallest absolute Gasteiger partial charge is 0.136 e. The number of hydrogen-bond donors (Lipinski definition) is 0. The highest BCUT2D eigenvalue weighted by molar-refractivity contribution is 7.26. The Morgan fingerprint density at radius 2 is 0.843 bits per heavy atom. The van der Waals surface area contributed by atoms with E-state index in [1.165, 1.54) is 58.9 Å². The SMILES string of the molecule is c1ccc(-c2ccc(N(c3ccc(-c4ccccc4)cc3)c3ccc(-c4cccc5sc6ccc7oc8ccccc8c7c6c45)cc3)cc2)cc1. The Labute approximate surface area is 300 Å². The molecule has 0 atom stereocenters. The second-order valence-electron chi connectivity index (χ2n) is 12.9. The second kappa shape index (κ2) is 12.2. The highest BCUT2D eigenvalue weighted by atomic mass is 32.1. The maximum absolute atomic E-state index is 6.31. The van der Waals surface area contributed by atoms with E-state index in [0.717, 1.165) is 33.6 Å². The van der Waals surface area contributed by atoms with Crippen LogP contribution >= 0.6 is 11.3 Å². The van der Waals surface area contributed by atoms with Crippen molar-refractivity contribution >= 4 is 70.5 Å². The zero-order chi connectivity index (χ0) is 33.7. The van der Waals surface area contributed by atoms with Crippen LogP contribution in [0.1, 0.15) is 0 Å². The average molecular weight is 670 g/mol. The summed E-state index contributed by atoms with van der Waals surface area (Å²) in [6, 6.07) is 67.3. The summed E-state index contributed by atoms with van der Waals surface area (Å²) in [5.41, 5.74) is 12.4. The lowest BCUT2D eigenvalue weighted by Crippen LogP contribution is -2.09. The van der Waals surface area contributed by atoms with Crippen LogP contribution in [0.2, 0.25) is 0 Å². The molecule has 2 nitrogen and oxygen atoms in total. The molecule has 0 fully saturated rings. The van der Waals surface area contributed by atoms with Gasteiger partial charge in [0.25, 0.3) is 0 Å². The van der Waals surface area contributed by atoms with Crippen molar-refractivity contribution in [1.29, 1.82) is 0 Å². The molecule has 10 aromatic rings. The van der Waals surface area contributed by atoms with Gasteiger partial charge < -0.3 is 9.32 Å². The molecule has 0 saturated heterocycles. The van der Waals surface area contributed by atoms with Crippen LogP contribution in [-0.2, 0) is 0 Å². The number of para-hydroxylation sites is 1. The highest BCUT2D eigenvalue weighted by Crippen LogP contribution is 2.46. The quantitative estimate of drug-likeness (QED) is 0.175. The molecular weight excluding hydrogens is 639 g/mol. The molecule has 2 heterocycles. The Morgan fingerprint density at radius 1 is 0.333 bits per heavy atom. The maximum atomic E-state index is 6.31. The van der Waals surface area contributed by atoms with Gasteiger partial charge in [-0.05, 0) is 94.0 Å². The van der Waals surface area contributed by atoms with Crippen LogP contribution in [0, 0.1) is 0 Å². The van der Waals surface area contributed by atoms with E-state index in [-0.39, 0.29) is 0 Å². The van der Waals surface area contributed by atoms with Crippen molar-refractivity contribution in [3.05, 3.63) is 188 Å². The minimum atomic E-state index is 0.926. The Bertz CT molecular complexity index is 2730. The van der Waals surface area contributed by atoms with Gasteiger partial charge in [0, 0.05) is 48.0 Å². The Morgan fingerprint density at radius 3 is 1.45 bits per heavy atom. The molecule has 240 valence electrons. The van der Waals surface area contributed by atoms with E-state index in [2.05, 4.69) is 187 Å². The molecule has 2 aromatic heterocycles. The number of furan rings is 1. The van der Waals surface area contributed by atoms with Crippen LogP contribution in [-0.4, -0.2) is 0 Å². The number of thiophene rings is 1. The van der Waals surface area contributed by atoms with Gasteiger partial charge in [0.05, 0.1) is 0 Å². The van der Waals surface area contributed by atoms with Gasteiger partial charge in [0.2, 0.25) is 0 Å². The molecule has 0 saturated carbocycles. The van der Waals surface area contributed by atoms with Gasteiger partial charge in [0.15, 0.2) is 0 Å². The molecule has 0 bridgehead atoms. The summed E-state index contributed by atoms with van der Waals surface area (Å²) in [6.45, 7) is 0. The van der Waals surface area contributed by atoms with Gasteiger partial charge in [-0.15, -0.1) is 11.3 Å². The van der Waals surface area contributed by atoms with Crippen LogP contribution in [0.5, 0.6) is 0 Å². The first-order chi connectivity index (χ1) is 25.3. The average Bonchev–Trinajstić information content (AvgIpc) is 3.78. The molecule has 0 aliphatic heterocycles. The van der Waals surface area contributed by atoms with E-state index < -0.39 is 0 Å². The van der Waals surface area contributed by atoms with Gasteiger partial charge in [-0.3, -0.25) is 0 Å². The predicted octanol–water partition coefficient (Wildman–Crippen LogP) is 14.4. The normalized spacial score (nSPS) is 11.5. The van der Waals surface area contributed by atoms with E-state index in [4.69, 9.17) is 4.42 Å². The summed E-state index contributed by atoms with van der Waals surface area (Å²) in [7, 11) is 0.